The molecule has 2 heteroatoms. The van der Waals surface area contributed by atoms with Gasteiger partial charge in [-0.15, -0.1) is 0 Å². The molecule has 0 radical (unpaired) electrons. The first-order chi connectivity index (χ1) is 9.44. The molecular formula is C18H32N2. The minimum Gasteiger partial charge on any atom is -0.323 e. The highest BCUT2D eigenvalue weighted by atomic mass is 15.1. The van der Waals surface area contributed by atoms with E-state index in [1.165, 1.54) is 43.5 Å². The lowest BCUT2D eigenvalue weighted by Crippen LogP contribution is -2.46. The molecular weight excluding hydrogens is 244 g/mol. The summed E-state index contributed by atoms with van der Waals surface area (Å²) in [5.74, 6) is 0. The Morgan fingerprint density at radius 1 is 1.35 bits per heavy atom. The van der Waals surface area contributed by atoms with Gasteiger partial charge in [-0.2, -0.15) is 0 Å². The van der Waals surface area contributed by atoms with Crippen molar-refractivity contribution < 1.29 is 0 Å². The van der Waals surface area contributed by atoms with Crippen LogP contribution in [0.25, 0.3) is 0 Å². The van der Waals surface area contributed by atoms with Crippen LogP contribution < -0.4 is 5.73 Å². The Hall–Kier alpha value is -0.860. The van der Waals surface area contributed by atoms with Crippen LogP contribution in [0.2, 0.25) is 0 Å². The van der Waals surface area contributed by atoms with Gasteiger partial charge in [0.05, 0.1) is 0 Å². The van der Waals surface area contributed by atoms with Crippen LogP contribution in [0.15, 0.2) is 35.5 Å². The molecule has 1 atom stereocenters. The number of nitrogens with zero attached hydrogens (tertiary/aromatic N) is 1. The normalized spacial score (nSPS) is 26.0. The van der Waals surface area contributed by atoms with Crippen molar-refractivity contribution in [1.29, 1.82) is 0 Å². The van der Waals surface area contributed by atoms with Gasteiger partial charge in [-0.3, -0.25) is 0 Å². The summed E-state index contributed by atoms with van der Waals surface area (Å²) in [6.45, 7) is 14.5. The first-order valence-corrected chi connectivity index (χ1v) is 7.92. The van der Waals surface area contributed by atoms with Crippen molar-refractivity contribution in [2.24, 2.45) is 11.1 Å². The van der Waals surface area contributed by atoms with E-state index in [1.807, 2.05) is 20.8 Å². The lowest BCUT2D eigenvalue weighted by Gasteiger charge is -2.41. The zero-order valence-electron chi connectivity index (χ0n) is 14.0. The molecule has 0 amide bonds. The highest BCUT2D eigenvalue weighted by Gasteiger charge is 2.44. The molecule has 2 N–H and O–H groups in total. The van der Waals surface area contributed by atoms with E-state index in [4.69, 9.17) is 5.73 Å². The molecule has 1 fully saturated rings. The third kappa shape index (κ3) is 3.62. The average Bonchev–Trinajstić information content (AvgIpc) is 2.65. The van der Waals surface area contributed by atoms with E-state index in [2.05, 4.69) is 37.6 Å². The number of likely N-dealkylation sites (tertiary alicyclic amines) is 1. The smallest absolute Gasteiger partial charge is 0.0355 e. The molecule has 2 rings (SSSR count). The molecule has 1 unspecified atom stereocenters. The zero-order valence-corrected chi connectivity index (χ0v) is 14.0. The van der Waals surface area contributed by atoms with Gasteiger partial charge in [0.1, 0.15) is 0 Å². The maximum absolute atomic E-state index is 6.55. The first-order valence-electron chi connectivity index (χ1n) is 7.92. The fourth-order valence-electron chi connectivity index (χ4n) is 3.37. The fraction of sp³-hybridized carbons (Fsp3) is 0.667. The van der Waals surface area contributed by atoms with E-state index >= 15 is 0 Å². The summed E-state index contributed by atoms with van der Waals surface area (Å²) in [5, 5.41) is 0. The SMILES string of the molecule is C=C(C)/C=C\C1=C(C)CC2(CCN(C)CC2)C1N.CC. The van der Waals surface area contributed by atoms with Crippen molar-refractivity contribution in [2.45, 2.75) is 53.0 Å². The summed E-state index contributed by atoms with van der Waals surface area (Å²) >= 11 is 0. The molecule has 1 heterocycles. The van der Waals surface area contributed by atoms with Crippen LogP contribution >= 0.6 is 0 Å². The molecule has 0 saturated carbocycles. The van der Waals surface area contributed by atoms with Crippen molar-refractivity contribution in [3.8, 4) is 0 Å². The predicted molar refractivity (Wildman–Crippen MR) is 89.8 cm³/mol. The maximum Gasteiger partial charge on any atom is 0.0355 e. The maximum atomic E-state index is 6.55. The van der Waals surface area contributed by atoms with E-state index in [0.717, 1.165) is 5.57 Å². The second-order valence-corrected chi connectivity index (χ2v) is 6.24. The average molecular weight is 276 g/mol. The van der Waals surface area contributed by atoms with Gasteiger partial charge in [0.15, 0.2) is 0 Å². The third-order valence-corrected chi connectivity index (χ3v) is 4.64. The summed E-state index contributed by atoms with van der Waals surface area (Å²) in [7, 11) is 2.20. The molecule has 0 aromatic rings. The second-order valence-electron chi connectivity index (χ2n) is 6.24. The fourth-order valence-corrected chi connectivity index (χ4v) is 3.37. The number of piperidine rings is 1. The topological polar surface area (TPSA) is 29.3 Å². The molecule has 0 bridgehead atoms. The van der Waals surface area contributed by atoms with Gasteiger partial charge < -0.3 is 10.6 Å². The molecule has 2 nitrogen and oxygen atoms in total. The molecule has 20 heavy (non-hydrogen) atoms. The van der Waals surface area contributed by atoms with Crippen LogP contribution in [0.3, 0.4) is 0 Å². The second kappa shape index (κ2) is 7.24. The molecule has 1 aliphatic heterocycles. The molecule has 0 aromatic carbocycles. The summed E-state index contributed by atoms with van der Waals surface area (Å²) in [4.78, 5) is 2.41. The number of hydrogen-bond acceptors (Lipinski definition) is 2. The monoisotopic (exact) mass is 276 g/mol. The van der Waals surface area contributed by atoms with Gasteiger partial charge >= 0.3 is 0 Å². The van der Waals surface area contributed by atoms with Crippen molar-refractivity contribution in [1.82, 2.24) is 4.90 Å². The Balaban J connectivity index is 0.000000956. The molecule has 1 saturated heterocycles. The van der Waals surface area contributed by atoms with Crippen LogP contribution in [0.4, 0.5) is 0 Å². The molecule has 1 aliphatic carbocycles. The lowest BCUT2D eigenvalue weighted by atomic mass is 9.72. The molecule has 1 spiro atoms. The largest absolute Gasteiger partial charge is 0.323 e. The van der Waals surface area contributed by atoms with E-state index in [-0.39, 0.29) is 6.04 Å². The third-order valence-electron chi connectivity index (χ3n) is 4.64. The highest BCUT2D eigenvalue weighted by molar-refractivity contribution is 5.40. The summed E-state index contributed by atoms with van der Waals surface area (Å²) in [5.41, 5.74) is 10.8. The standard InChI is InChI=1S/C16H26N2.C2H6/c1-12(2)5-6-14-13(3)11-16(15(14)17)7-9-18(4)10-8-16;1-2/h5-6,15H,1,7-11,17H2,2-4H3;1-2H3/b6-5-;. The van der Waals surface area contributed by atoms with E-state index in [1.54, 1.807) is 0 Å². The van der Waals surface area contributed by atoms with Crippen molar-refractivity contribution in [3.63, 3.8) is 0 Å². The predicted octanol–water partition coefficient (Wildman–Crippen LogP) is 3.90. The van der Waals surface area contributed by atoms with Crippen LogP contribution in [0.5, 0.6) is 0 Å². The Morgan fingerprint density at radius 2 is 1.90 bits per heavy atom. The Labute approximate surface area is 125 Å². The zero-order chi connectivity index (χ0) is 15.3. The van der Waals surface area contributed by atoms with E-state index < -0.39 is 0 Å². The van der Waals surface area contributed by atoms with Gasteiger partial charge in [-0.05, 0) is 64.2 Å². The highest BCUT2D eigenvalue weighted by Crippen LogP contribution is 2.48. The number of allylic oxidation sites excluding steroid dienone is 3. The molecule has 114 valence electrons. The number of rotatable bonds is 2. The summed E-state index contributed by atoms with van der Waals surface area (Å²) < 4.78 is 0. The van der Waals surface area contributed by atoms with Crippen molar-refractivity contribution >= 4 is 0 Å². The van der Waals surface area contributed by atoms with Gasteiger partial charge in [0.25, 0.3) is 0 Å². The van der Waals surface area contributed by atoms with Gasteiger partial charge in [-0.25, -0.2) is 0 Å². The van der Waals surface area contributed by atoms with Crippen LogP contribution in [-0.2, 0) is 0 Å². The van der Waals surface area contributed by atoms with Crippen LogP contribution in [0, 0.1) is 5.41 Å². The Bertz CT molecular complexity index is 396. The minimum absolute atomic E-state index is 0.210. The quantitative estimate of drug-likeness (QED) is 0.775. The molecule has 2 aliphatic rings. The summed E-state index contributed by atoms with van der Waals surface area (Å²) in [6.07, 6.45) is 7.92. The minimum atomic E-state index is 0.210. The van der Waals surface area contributed by atoms with Gasteiger partial charge in [0, 0.05) is 6.04 Å². The van der Waals surface area contributed by atoms with Crippen LogP contribution in [-0.4, -0.2) is 31.1 Å². The lowest BCUT2D eigenvalue weighted by molar-refractivity contribution is 0.116. The van der Waals surface area contributed by atoms with Gasteiger partial charge in [0.2, 0.25) is 0 Å². The van der Waals surface area contributed by atoms with Crippen molar-refractivity contribution in [2.75, 3.05) is 20.1 Å². The van der Waals surface area contributed by atoms with Crippen molar-refractivity contribution in [3.05, 3.63) is 35.5 Å². The first kappa shape index (κ1) is 17.2. The Morgan fingerprint density at radius 3 is 2.40 bits per heavy atom. The van der Waals surface area contributed by atoms with Crippen LogP contribution in [0.1, 0.15) is 47.0 Å². The van der Waals surface area contributed by atoms with E-state index in [9.17, 15) is 0 Å². The molecule has 0 aromatic heterocycles. The number of nitrogens with two attached hydrogens (primary N) is 1. The summed E-state index contributed by atoms with van der Waals surface area (Å²) in [6, 6.07) is 0.210. The Kier molecular flexibility index (Phi) is 6.22. The van der Waals surface area contributed by atoms with Gasteiger partial charge in [-0.1, -0.05) is 43.7 Å². The van der Waals surface area contributed by atoms with E-state index in [0.29, 0.717) is 5.41 Å². The number of hydrogen-bond donors (Lipinski definition) is 1.